The first-order valence-electron chi connectivity index (χ1n) is 6.53. The van der Waals surface area contributed by atoms with Crippen molar-refractivity contribution in [2.24, 2.45) is 0 Å². The first-order valence-corrected chi connectivity index (χ1v) is 7.35. The molecule has 0 saturated carbocycles. The van der Waals surface area contributed by atoms with Crippen LogP contribution in [0.1, 0.15) is 35.3 Å². The van der Waals surface area contributed by atoms with Crippen LogP contribution in [0.2, 0.25) is 0 Å². The standard InChI is InChI=1S/C15H20N2OS/c1-4-15-17-10-14(19-15)9-16-11(2)12-5-7-13(18-3)8-6-12/h5-8,10-11,16H,4,9H2,1-3H3/t11-/m0/s1. The summed E-state index contributed by atoms with van der Waals surface area (Å²) >= 11 is 1.78. The zero-order valence-corrected chi connectivity index (χ0v) is 12.5. The number of hydrogen-bond acceptors (Lipinski definition) is 4. The molecule has 0 radical (unpaired) electrons. The van der Waals surface area contributed by atoms with E-state index >= 15 is 0 Å². The lowest BCUT2D eigenvalue weighted by molar-refractivity contribution is 0.414. The molecule has 4 heteroatoms. The maximum absolute atomic E-state index is 5.17. The predicted molar refractivity (Wildman–Crippen MR) is 79.7 cm³/mol. The predicted octanol–water partition coefficient (Wildman–Crippen LogP) is 3.56. The minimum Gasteiger partial charge on any atom is -0.497 e. The summed E-state index contributed by atoms with van der Waals surface area (Å²) in [5, 5.41) is 4.72. The second-order valence-electron chi connectivity index (χ2n) is 4.45. The summed E-state index contributed by atoms with van der Waals surface area (Å²) < 4.78 is 5.17. The number of ether oxygens (including phenoxy) is 1. The lowest BCUT2D eigenvalue weighted by atomic mass is 10.1. The molecule has 2 rings (SSSR count). The molecule has 0 aliphatic heterocycles. The van der Waals surface area contributed by atoms with Crippen molar-refractivity contribution in [3.05, 3.63) is 45.9 Å². The van der Waals surface area contributed by atoms with Gasteiger partial charge in [-0.25, -0.2) is 4.98 Å². The van der Waals surface area contributed by atoms with Gasteiger partial charge in [-0.05, 0) is 31.0 Å². The van der Waals surface area contributed by atoms with E-state index in [1.165, 1.54) is 15.4 Å². The average molecular weight is 276 g/mol. The van der Waals surface area contributed by atoms with Gasteiger partial charge < -0.3 is 10.1 Å². The largest absolute Gasteiger partial charge is 0.497 e. The highest BCUT2D eigenvalue weighted by Gasteiger charge is 2.06. The fraction of sp³-hybridized carbons (Fsp3) is 0.400. The van der Waals surface area contributed by atoms with Gasteiger partial charge in [0, 0.05) is 23.7 Å². The Morgan fingerprint density at radius 3 is 2.63 bits per heavy atom. The van der Waals surface area contributed by atoms with Gasteiger partial charge in [-0.2, -0.15) is 0 Å². The van der Waals surface area contributed by atoms with Crippen LogP contribution < -0.4 is 10.1 Å². The molecule has 1 N–H and O–H groups in total. The van der Waals surface area contributed by atoms with Crippen molar-refractivity contribution < 1.29 is 4.74 Å². The van der Waals surface area contributed by atoms with E-state index in [9.17, 15) is 0 Å². The van der Waals surface area contributed by atoms with E-state index in [1.54, 1.807) is 18.4 Å². The molecule has 1 aromatic heterocycles. The van der Waals surface area contributed by atoms with Gasteiger partial charge >= 0.3 is 0 Å². The van der Waals surface area contributed by atoms with Gasteiger partial charge in [-0.1, -0.05) is 19.1 Å². The Morgan fingerprint density at radius 2 is 2.05 bits per heavy atom. The zero-order chi connectivity index (χ0) is 13.7. The SMILES string of the molecule is CCc1ncc(CN[C@@H](C)c2ccc(OC)cc2)s1. The molecule has 19 heavy (non-hydrogen) atoms. The molecule has 0 fully saturated rings. The minimum absolute atomic E-state index is 0.318. The molecule has 102 valence electrons. The molecular formula is C15H20N2OS. The molecule has 0 spiro atoms. The van der Waals surface area contributed by atoms with Crippen LogP contribution in [0.4, 0.5) is 0 Å². The summed E-state index contributed by atoms with van der Waals surface area (Å²) in [4.78, 5) is 5.66. The average Bonchev–Trinajstić information content (AvgIpc) is 2.93. The Hall–Kier alpha value is -1.39. The lowest BCUT2D eigenvalue weighted by Crippen LogP contribution is -2.17. The van der Waals surface area contributed by atoms with Crippen LogP contribution in [0.3, 0.4) is 0 Å². The number of thiazole rings is 1. The molecule has 0 saturated heterocycles. The van der Waals surface area contributed by atoms with Crippen molar-refractivity contribution in [3.63, 3.8) is 0 Å². The number of nitrogens with one attached hydrogen (secondary N) is 1. The summed E-state index contributed by atoms with van der Waals surface area (Å²) in [6.07, 6.45) is 2.98. The van der Waals surface area contributed by atoms with Gasteiger partial charge in [0.15, 0.2) is 0 Å². The number of rotatable bonds is 6. The molecule has 0 amide bonds. The number of aryl methyl sites for hydroxylation is 1. The Morgan fingerprint density at radius 1 is 1.32 bits per heavy atom. The molecule has 1 atom stereocenters. The van der Waals surface area contributed by atoms with E-state index in [-0.39, 0.29) is 0 Å². The molecule has 3 nitrogen and oxygen atoms in total. The summed E-state index contributed by atoms with van der Waals surface area (Å²) in [5.74, 6) is 0.894. The van der Waals surface area contributed by atoms with E-state index in [2.05, 4.69) is 36.3 Å². The van der Waals surface area contributed by atoms with E-state index in [1.807, 2.05) is 18.3 Å². The van der Waals surface area contributed by atoms with Crippen LogP contribution in [0.5, 0.6) is 5.75 Å². The number of nitrogens with zero attached hydrogens (tertiary/aromatic N) is 1. The van der Waals surface area contributed by atoms with Crippen molar-refractivity contribution in [2.45, 2.75) is 32.9 Å². The number of hydrogen-bond donors (Lipinski definition) is 1. The van der Waals surface area contributed by atoms with Gasteiger partial charge in [-0.3, -0.25) is 0 Å². The summed E-state index contributed by atoms with van der Waals surface area (Å²) in [7, 11) is 1.69. The first kappa shape index (κ1) is 14.0. The highest BCUT2D eigenvalue weighted by atomic mass is 32.1. The van der Waals surface area contributed by atoms with E-state index in [0.717, 1.165) is 18.7 Å². The summed E-state index contributed by atoms with van der Waals surface area (Å²) in [6.45, 7) is 5.17. The lowest BCUT2D eigenvalue weighted by Gasteiger charge is -2.13. The van der Waals surface area contributed by atoms with Gasteiger partial charge in [0.1, 0.15) is 5.75 Å². The maximum Gasteiger partial charge on any atom is 0.118 e. The van der Waals surface area contributed by atoms with Crippen molar-refractivity contribution in [2.75, 3.05) is 7.11 Å². The highest BCUT2D eigenvalue weighted by molar-refractivity contribution is 7.11. The quantitative estimate of drug-likeness (QED) is 0.876. The smallest absolute Gasteiger partial charge is 0.118 e. The number of aromatic nitrogens is 1. The normalized spacial score (nSPS) is 12.4. The molecule has 1 heterocycles. The third-order valence-electron chi connectivity index (χ3n) is 3.10. The molecule has 0 unspecified atom stereocenters. The van der Waals surface area contributed by atoms with Gasteiger partial charge in [-0.15, -0.1) is 11.3 Å². The Kier molecular flexibility index (Phi) is 4.93. The van der Waals surface area contributed by atoms with E-state index < -0.39 is 0 Å². The second-order valence-corrected chi connectivity index (χ2v) is 5.65. The molecule has 0 aliphatic carbocycles. The van der Waals surface area contributed by atoms with Crippen LogP contribution in [0.15, 0.2) is 30.5 Å². The van der Waals surface area contributed by atoms with Crippen LogP contribution >= 0.6 is 11.3 Å². The van der Waals surface area contributed by atoms with Crippen molar-refractivity contribution in [1.82, 2.24) is 10.3 Å². The fourth-order valence-electron chi connectivity index (χ4n) is 1.86. The molecule has 1 aromatic carbocycles. The topological polar surface area (TPSA) is 34.2 Å². The van der Waals surface area contributed by atoms with Crippen molar-refractivity contribution in [1.29, 1.82) is 0 Å². The van der Waals surface area contributed by atoms with Crippen LogP contribution in [-0.4, -0.2) is 12.1 Å². The Labute approximate surface area is 118 Å². The molecule has 2 aromatic rings. The third kappa shape index (κ3) is 3.78. The highest BCUT2D eigenvalue weighted by Crippen LogP contribution is 2.19. The molecule has 0 aliphatic rings. The van der Waals surface area contributed by atoms with E-state index in [4.69, 9.17) is 4.74 Å². The van der Waals surface area contributed by atoms with Gasteiger partial charge in [0.05, 0.1) is 12.1 Å². The van der Waals surface area contributed by atoms with Crippen molar-refractivity contribution in [3.8, 4) is 5.75 Å². The Balaban J connectivity index is 1.90. The van der Waals surface area contributed by atoms with E-state index in [0.29, 0.717) is 6.04 Å². The van der Waals surface area contributed by atoms with Crippen LogP contribution in [-0.2, 0) is 13.0 Å². The van der Waals surface area contributed by atoms with Gasteiger partial charge in [0.2, 0.25) is 0 Å². The summed E-state index contributed by atoms with van der Waals surface area (Å²) in [6, 6.07) is 8.50. The Bertz CT molecular complexity index is 507. The maximum atomic E-state index is 5.17. The number of methoxy groups -OCH3 is 1. The minimum atomic E-state index is 0.318. The zero-order valence-electron chi connectivity index (χ0n) is 11.6. The number of benzene rings is 1. The fourth-order valence-corrected chi connectivity index (χ4v) is 2.67. The van der Waals surface area contributed by atoms with Crippen molar-refractivity contribution >= 4 is 11.3 Å². The second kappa shape index (κ2) is 6.68. The van der Waals surface area contributed by atoms with Crippen LogP contribution in [0.25, 0.3) is 0 Å². The summed E-state index contributed by atoms with van der Waals surface area (Å²) in [5.41, 5.74) is 1.26. The monoisotopic (exact) mass is 276 g/mol. The van der Waals surface area contributed by atoms with Crippen LogP contribution in [0, 0.1) is 0 Å². The molecular weight excluding hydrogens is 256 g/mol. The first-order chi connectivity index (χ1) is 9.22. The molecule has 0 bridgehead atoms. The van der Waals surface area contributed by atoms with Gasteiger partial charge in [0.25, 0.3) is 0 Å². The third-order valence-corrected chi connectivity index (χ3v) is 4.24.